The first-order chi connectivity index (χ1) is 9.65. The van der Waals surface area contributed by atoms with Crippen LogP contribution in [0, 0.1) is 6.92 Å². The molecule has 1 aromatic heterocycles. The molecule has 0 saturated carbocycles. The van der Waals surface area contributed by atoms with Crippen LogP contribution < -0.4 is 4.74 Å². The number of nitrogens with zero attached hydrogens (tertiary/aromatic N) is 1. The largest absolute Gasteiger partial charge is 0.508 e. The highest BCUT2D eigenvalue weighted by atomic mass is 16.5. The minimum atomic E-state index is 0.282. The van der Waals surface area contributed by atoms with Gasteiger partial charge in [0.1, 0.15) is 18.1 Å². The van der Waals surface area contributed by atoms with Gasteiger partial charge in [-0.25, -0.2) is 0 Å². The molecule has 20 heavy (non-hydrogen) atoms. The second kappa shape index (κ2) is 4.93. The van der Waals surface area contributed by atoms with Gasteiger partial charge in [0.15, 0.2) is 0 Å². The van der Waals surface area contributed by atoms with Crippen LogP contribution in [0.4, 0.5) is 0 Å². The summed E-state index contributed by atoms with van der Waals surface area (Å²) in [5, 5.41) is 10.7. The Morgan fingerprint density at radius 1 is 1.15 bits per heavy atom. The van der Waals surface area contributed by atoms with E-state index in [1.54, 1.807) is 12.1 Å². The fraction of sp³-hybridized carbons (Fsp3) is 0.176. The predicted octanol–water partition coefficient (Wildman–Crippen LogP) is 3.77. The highest BCUT2D eigenvalue weighted by Gasteiger charge is 2.08. The highest BCUT2D eigenvalue weighted by molar-refractivity contribution is 5.85. The molecule has 102 valence electrons. The lowest BCUT2D eigenvalue weighted by molar-refractivity contribution is 0.305. The van der Waals surface area contributed by atoms with Crippen LogP contribution in [-0.2, 0) is 13.7 Å². The van der Waals surface area contributed by atoms with Gasteiger partial charge in [-0.1, -0.05) is 18.2 Å². The Bertz CT molecular complexity index is 759. The Hall–Kier alpha value is -2.42. The van der Waals surface area contributed by atoms with E-state index in [0.29, 0.717) is 6.61 Å². The number of aromatic hydroxyl groups is 1. The molecule has 1 N–H and O–H groups in total. The normalized spacial score (nSPS) is 10.9. The molecule has 0 atom stereocenters. The number of hydrogen-bond acceptors (Lipinski definition) is 2. The topological polar surface area (TPSA) is 34.4 Å². The maximum Gasteiger partial charge on any atom is 0.122 e. The second-order valence-electron chi connectivity index (χ2n) is 5.02. The number of phenols is 1. The summed E-state index contributed by atoms with van der Waals surface area (Å²) >= 11 is 0. The molecule has 1 heterocycles. The van der Waals surface area contributed by atoms with Gasteiger partial charge in [0.25, 0.3) is 0 Å². The summed E-state index contributed by atoms with van der Waals surface area (Å²) in [4.78, 5) is 0. The number of hydrogen-bond donors (Lipinski definition) is 1. The van der Waals surface area contributed by atoms with Gasteiger partial charge in [-0.15, -0.1) is 0 Å². The third kappa shape index (κ3) is 2.23. The van der Waals surface area contributed by atoms with Crippen LogP contribution in [0.25, 0.3) is 10.9 Å². The van der Waals surface area contributed by atoms with Gasteiger partial charge < -0.3 is 14.4 Å². The van der Waals surface area contributed by atoms with E-state index in [1.807, 2.05) is 55.1 Å². The molecule has 3 nitrogen and oxygen atoms in total. The maximum absolute atomic E-state index is 9.56. The molecule has 0 aliphatic carbocycles. The van der Waals surface area contributed by atoms with E-state index in [2.05, 4.69) is 0 Å². The Morgan fingerprint density at radius 3 is 2.75 bits per heavy atom. The number of aromatic nitrogens is 1. The van der Waals surface area contributed by atoms with Gasteiger partial charge in [0.05, 0.1) is 5.52 Å². The summed E-state index contributed by atoms with van der Waals surface area (Å²) in [6, 6.07) is 13.4. The van der Waals surface area contributed by atoms with Crippen molar-refractivity contribution in [3.8, 4) is 11.5 Å². The lowest BCUT2D eigenvalue weighted by Crippen LogP contribution is -1.96. The van der Waals surface area contributed by atoms with Crippen molar-refractivity contribution < 1.29 is 9.84 Å². The van der Waals surface area contributed by atoms with Crippen LogP contribution >= 0.6 is 0 Å². The molecular formula is C17H17NO2. The van der Waals surface area contributed by atoms with Crippen LogP contribution in [0.2, 0.25) is 0 Å². The number of aryl methyl sites for hydroxylation is 2. The SMILES string of the molecule is Cc1ccccc1OCc1cn(C)c2cc(O)ccc12. The first-order valence-electron chi connectivity index (χ1n) is 6.60. The summed E-state index contributed by atoms with van der Waals surface area (Å²) < 4.78 is 7.90. The first-order valence-corrected chi connectivity index (χ1v) is 6.60. The average Bonchev–Trinajstić information content (AvgIpc) is 2.74. The van der Waals surface area contributed by atoms with Gasteiger partial charge in [-0.3, -0.25) is 0 Å². The van der Waals surface area contributed by atoms with E-state index in [4.69, 9.17) is 4.74 Å². The fourth-order valence-corrected chi connectivity index (χ4v) is 2.45. The number of ether oxygens (including phenoxy) is 1. The maximum atomic E-state index is 9.56. The minimum Gasteiger partial charge on any atom is -0.508 e. The zero-order chi connectivity index (χ0) is 14.1. The van der Waals surface area contributed by atoms with E-state index >= 15 is 0 Å². The number of fused-ring (bicyclic) bond motifs is 1. The molecule has 0 spiro atoms. The number of rotatable bonds is 3. The van der Waals surface area contributed by atoms with Crippen molar-refractivity contribution in [1.29, 1.82) is 0 Å². The number of phenolic OH excluding ortho intramolecular Hbond substituents is 1. The van der Waals surface area contributed by atoms with E-state index in [1.165, 1.54) is 0 Å². The first kappa shape index (κ1) is 12.6. The monoisotopic (exact) mass is 267 g/mol. The lowest BCUT2D eigenvalue weighted by atomic mass is 10.2. The Morgan fingerprint density at radius 2 is 1.95 bits per heavy atom. The van der Waals surface area contributed by atoms with Crippen LogP contribution in [0.1, 0.15) is 11.1 Å². The minimum absolute atomic E-state index is 0.282. The molecule has 0 amide bonds. The van der Waals surface area contributed by atoms with E-state index < -0.39 is 0 Å². The van der Waals surface area contributed by atoms with Gasteiger partial charge in [0.2, 0.25) is 0 Å². The molecule has 0 bridgehead atoms. The Labute approximate surface area is 118 Å². The number of benzene rings is 2. The molecule has 0 fully saturated rings. The van der Waals surface area contributed by atoms with Gasteiger partial charge >= 0.3 is 0 Å². The van der Waals surface area contributed by atoms with Crippen molar-refractivity contribution in [2.24, 2.45) is 7.05 Å². The zero-order valence-electron chi connectivity index (χ0n) is 11.6. The predicted molar refractivity (Wildman–Crippen MR) is 80.1 cm³/mol. The summed E-state index contributed by atoms with van der Waals surface area (Å²) in [7, 11) is 1.97. The molecule has 3 heteroatoms. The van der Waals surface area contributed by atoms with Gasteiger partial charge in [-0.2, -0.15) is 0 Å². The third-order valence-electron chi connectivity index (χ3n) is 3.53. The van der Waals surface area contributed by atoms with Gasteiger partial charge in [-0.05, 0) is 30.7 Å². The quantitative estimate of drug-likeness (QED) is 0.783. The lowest BCUT2D eigenvalue weighted by Gasteiger charge is -2.08. The standard InChI is InChI=1S/C17H17NO2/c1-12-5-3-4-6-17(12)20-11-13-10-18(2)16-9-14(19)7-8-15(13)16/h3-10,19H,11H2,1-2H3. The summed E-state index contributed by atoms with van der Waals surface area (Å²) in [6.45, 7) is 2.56. The molecule has 0 aliphatic heterocycles. The fourth-order valence-electron chi connectivity index (χ4n) is 2.45. The van der Waals surface area contributed by atoms with Crippen molar-refractivity contribution in [3.05, 3.63) is 59.8 Å². The van der Waals surface area contributed by atoms with Crippen molar-refractivity contribution in [2.75, 3.05) is 0 Å². The second-order valence-corrected chi connectivity index (χ2v) is 5.02. The molecule has 3 aromatic rings. The smallest absolute Gasteiger partial charge is 0.122 e. The Kier molecular flexibility index (Phi) is 3.11. The number of para-hydroxylation sites is 1. The van der Waals surface area contributed by atoms with Crippen LogP contribution in [-0.4, -0.2) is 9.67 Å². The molecule has 2 aromatic carbocycles. The summed E-state index contributed by atoms with van der Waals surface area (Å²) in [5.74, 6) is 1.19. The van der Waals surface area contributed by atoms with Crippen molar-refractivity contribution in [1.82, 2.24) is 4.57 Å². The molecule has 0 aliphatic rings. The molecule has 0 unspecified atom stereocenters. The van der Waals surface area contributed by atoms with E-state index in [9.17, 15) is 5.11 Å². The molecule has 0 saturated heterocycles. The third-order valence-corrected chi connectivity index (χ3v) is 3.53. The highest BCUT2D eigenvalue weighted by Crippen LogP contribution is 2.26. The summed E-state index contributed by atoms with van der Waals surface area (Å²) in [6.07, 6.45) is 2.04. The molecular weight excluding hydrogens is 250 g/mol. The van der Waals surface area contributed by atoms with Gasteiger partial charge in [0, 0.05) is 30.3 Å². The summed E-state index contributed by atoms with van der Waals surface area (Å²) in [5.41, 5.74) is 3.25. The van der Waals surface area contributed by atoms with E-state index in [-0.39, 0.29) is 5.75 Å². The van der Waals surface area contributed by atoms with E-state index in [0.717, 1.165) is 27.8 Å². The molecule has 0 radical (unpaired) electrons. The van der Waals surface area contributed by atoms with Crippen molar-refractivity contribution in [2.45, 2.75) is 13.5 Å². The average molecular weight is 267 g/mol. The van der Waals surface area contributed by atoms with Crippen molar-refractivity contribution >= 4 is 10.9 Å². The van der Waals surface area contributed by atoms with Crippen molar-refractivity contribution in [3.63, 3.8) is 0 Å². The zero-order valence-corrected chi connectivity index (χ0v) is 11.6. The van der Waals surface area contributed by atoms with Crippen LogP contribution in [0.15, 0.2) is 48.7 Å². The van der Waals surface area contributed by atoms with Crippen LogP contribution in [0.3, 0.4) is 0 Å². The molecule has 3 rings (SSSR count). The Balaban J connectivity index is 1.90. The van der Waals surface area contributed by atoms with Crippen LogP contribution in [0.5, 0.6) is 11.5 Å².